The summed E-state index contributed by atoms with van der Waals surface area (Å²) in [5.41, 5.74) is 0.223. The fourth-order valence-electron chi connectivity index (χ4n) is 1.84. The van der Waals surface area contributed by atoms with Crippen molar-refractivity contribution >= 4 is 29.3 Å². The van der Waals surface area contributed by atoms with Crippen molar-refractivity contribution in [2.24, 2.45) is 0 Å². The van der Waals surface area contributed by atoms with E-state index in [1.165, 1.54) is 11.0 Å². The average molecular weight is 303 g/mol. The lowest BCUT2D eigenvalue weighted by Crippen LogP contribution is -2.42. The summed E-state index contributed by atoms with van der Waals surface area (Å²) in [4.78, 5) is 24.1. The van der Waals surface area contributed by atoms with Crippen molar-refractivity contribution in [1.82, 2.24) is 4.90 Å². The molecule has 20 heavy (non-hydrogen) atoms. The number of aliphatic carboxylic acids is 1. The first kappa shape index (κ1) is 16.2. The highest BCUT2D eigenvalue weighted by Crippen LogP contribution is 2.19. The van der Waals surface area contributed by atoms with Gasteiger partial charge in [-0.2, -0.15) is 0 Å². The molecule has 1 unspecified atom stereocenters. The molecule has 2 amide bonds. The van der Waals surface area contributed by atoms with Crippen molar-refractivity contribution in [3.8, 4) is 0 Å². The minimum absolute atomic E-state index is 0.162. The molecule has 0 aliphatic rings. The Morgan fingerprint density at radius 2 is 2.10 bits per heavy atom. The average Bonchev–Trinajstić information content (AvgIpc) is 2.26. The summed E-state index contributed by atoms with van der Waals surface area (Å²) in [5, 5.41) is 11.4. The number of anilines is 1. The first-order chi connectivity index (χ1) is 9.33. The topological polar surface area (TPSA) is 69.6 Å². The summed E-state index contributed by atoms with van der Waals surface area (Å²) in [5.74, 6) is -1.55. The number of amides is 2. The molecule has 0 aliphatic heterocycles. The van der Waals surface area contributed by atoms with E-state index in [-0.39, 0.29) is 17.1 Å². The molecule has 7 heteroatoms. The maximum Gasteiger partial charge on any atom is 0.322 e. The zero-order valence-corrected chi connectivity index (χ0v) is 11.9. The Balaban J connectivity index is 2.79. The summed E-state index contributed by atoms with van der Waals surface area (Å²) in [7, 11) is 0. The van der Waals surface area contributed by atoms with Gasteiger partial charge in [-0.15, -0.1) is 0 Å². The number of nitrogens with zero attached hydrogens (tertiary/aromatic N) is 1. The second-order valence-electron chi connectivity index (χ2n) is 4.32. The minimum Gasteiger partial charge on any atom is -0.481 e. The Bertz CT molecular complexity index is 490. The molecule has 0 spiro atoms. The Hall–Kier alpha value is -1.82. The van der Waals surface area contributed by atoms with Crippen LogP contribution in [0, 0.1) is 5.82 Å². The number of carboxylic acids is 1. The third kappa shape index (κ3) is 4.70. The van der Waals surface area contributed by atoms with E-state index in [1.807, 2.05) is 0 Å². The van der Waals surface area contributed by atoms with Gasteiger partial charge in [-0.25, -0.2) is 9.18 Å². The Morgan fingerprint density at radius 3 is 2.60 bits per heavy atom. The van der Waals surface area contributed by atoms with Crippen molar-refractivity contribution in [1.29, 1.82) is 0 Å². The summed E-state index contributed by atoms with van der Waals surface area (Å²) in [6.45, 7) is 3.70. The van der Waals surface area contributed by atoms with Crippen molar-refractivity contribution in [2.45, 2.75) is 26.3 Å². The molecular weight excluding hydrogens is 287 g/mol. The van der Waals surface area contributed by atoms with Crippen LogP contribution in [0.3, 0.4) is 0 Å². The number of benzene rings is 1. The molecule has 0 aliphatic carbocycles. The summed E-state index contributed by atoms with van der Waals surface area (Å²) >= 11 is 5.70. The van der Waals surface area contributed by atoms with Gasteiger partial charge in [-0.05, 0) is 32.0 Å². The Morgan fingerprint density at radius 1 is 1.45 bits per heavy atom. The van der Waals surface area contributed by atoms with E-state index in [9.17, 15) is 14.0 Å². The van der Waals surface area contributed by atoms with E-state index in [4.69, 9.17) is 16.7 Å². The highest BCUT2D eigenvalue weighted by Gasteiger charge is 2.20. The fourth-order valence-corrected chi connectivity index (χ4v) is 2.06. The molecule has 2 N–H and O–H groups in total. The smallest absolute Gasteiger partial charge is 0.322 e. The van der Waals surface area contributed by atoms with Gasteiger partial charge >= 0.3 is 12.0 Å². The fraction of sp³-hybridized carbons (Fsp3) is 0.385. The van der Waals surface area contributed by atoms with Crippen LogP contribution in [0.1, 0.15) is 20.3 Å². The van der Waals surface area contributed by atoms with Gasteiger partial charge in [0.25, 0.3) is 0 Å². The first-order valence-electron chi connectivity index (χ1n) is 6.09. The van der Waals surface area contributed by atoms with Gasteiger partial charge in [-0.3, -0.25) is 4.79 Å². The molecule has 1 aromatic carbocycles. The van der Waals surface area contributed by atoms with E-state index in [0.29, 0.717) is 6.54 Å². The standard InChI is InChI=1S/C13H16ClFN2O3/c1-3-17(8(2)4-12(18)19)13(20)16-11-6-9(14)5-10(15)7-11/h5-8H,3-4H2,1-2H3,(H,16,20)(H,18,19). The van der Waals surface area contributed by atoms with Crippen LogP contribution in [0.15, 0.2) is 18.2 Å². The lowest BCUT2D eigenvalue weighted by atomic mass is 10.2. The highest BCUT2D eigenvalue weighted by molar-refractivity contribution is 6.30. The van der Waals surface area contributed by atoms with Crippen molar-refractivity contribution in [3.63, 3.8) is 0 Å². The maximum atomic E-state index is 13.2. The van der Waals surface area contributed by atoms with E-state index in [2.05, 4.69) is 5.32 Å². The van der Waals surface area contributed by atoms with Crippen LogP contribution in [-0.4, -0.2) is 34.6 Å². The van der Waals surface area contributed by atoms with E-state index in [1.54, 1.807) is 13.8 Å². The third-order valence-corrected chi connectivity index (χ3v) is 2.94. The number of carboxylic acid groups (broad SMARTS) is 1. The van der Waals surface area contributed by atoms with Gasteiger partial charge in [0.2, 0.25) is 0 Å². The zero-order valence-electron chi connectivity index (χ0n) is 11.2. The SMILES string of the molecule is CCN(C(=O)Nc1cc(F)cc(Cl)c1)C(C)CC(=O)O. The number of rotatable bonds is 5. The monoisotopic (exact) mass is 302 g/mol. The second-order valence-corrected chi connectivity index (χ2v) is 4.76. The van der Waals surface area contributed by atoms with E-state index in [0.717, 1.165) is 12.1 Å². The van der Waals surface area contributed by atoms with Gasteiger partial charge < -0.3 is 15.3 Å². The molecular formula is C13H16ClFN2O3. The van der Waals surface area contributed by atoms with Gasteiger partial charge in [0, 0.05) is 23.3 Å². The molecule has 1 rings (SSSR count). The summed E-state index contributed by atoms with van der Waals surface area (Å²) < 4.78 is 13.2. The normalized spacial score (nSPS) is 11.8. The summed E-state index contributed by atoms with van der Waals surface area (Å²) in [6, 6.07) is 2.71. The van der Waals surface area contributed by atoms with Crippen LogP contribution in [0.2, 0.25) is 5.02 Å². The molecule has 0 aromatic heterocycles. The number of urea groups is 1. The van der Waals surface area contributed by atoms with Crippen LogP contribution in [0.25, 0.3) is 0 Å². The minimum atomic E-state index is -0.988. The molecule has 5 nitrogen and oxygen atoms in total. The number of nitrogens with one attached hydrogen (secondary N) is 1. The van der Waals surface area contributed by atoms with Crippen LogP contribution >= 0.6 is 11.6 Å². The first-order valence-corrected chi connectivity index (χ1v) is 6.46. The molecule has 0 bridgehead atoms. The number of carbonyl (C=O) groups is 2. The number of carbonyl (C=O) groups excluding carboxylic acids is 1. The maximum absolute atomic E-state index is 13.2. The number of halogens is 2. The van der Waals surface area contributed by atoms with Crippen LogP contribution in [0.4, 0.5) is 14.9 Å². The highest BCUT2D eigenvalue weighted by atomic mass is 35.5. The van der Waals surface area contributed by atoms with E-state index < -0.39 is 23.9 Å². The van der Waals surface area contributed by atoms with Crippen molar-refractivity contribution < 1.29 is 19.1 Å². The van der Waals surface area contributed by atoms with Gasteiger partial charge in [0.15, 0.2) is 0 Å². The van der Waals surface area contributed by atoms with Gasteiger partial charge in [0.1, 0.15) is 5.82 Å². The van der Waals surface area contributed by atoms with Gasteiger partial charge in [0.05, 0.1) is 6.42 Å². The Kier molecular flexibility index (Phi) is 5.76. The van der Waals surface area contributed by atoms with Crippen LogP contribution < -0.4 is 5.32 Å². The van der Waals surface area contributed by atoms with Crippen LogP contribution in [0.5, 0.6) is 0 Å². The zero-order chi connectivity index (χ0) is 15.3. The predicted octanol–water partition coefficient (Wildman–Crippen LogP) is 3.20. The van der Waals surface area contributed by atoms with Crippen LogP contribution in [-0.2, 0) is 4.79 Å². The Labute approximate surface area is 121 Å². The van der Waals surface area contributed by atoms with Crippen molar-refractivity contribution in [2.75, 3.05) is 11.9 Å². The molecule has 0 heterocycles. The third-order valence-electron chi connectivity index (χ3n) is 2.72. The number of hydrogen-bond donors (Lipinski definition) is 2. The molecule has 0 saturated carbocycles. The molecule has 1 aromatic rings. The lowest BCUT2D eigenvalue weighted by Gasteiger charge is -2.27. The molecule has 110 valence electrons. The quantitative estimate of drug-likeness (QED) is 0.877. The molecule has 0 fully saturated rings. The predicted molar refractivity (Wildman–Crippen MR) is 74.5 cm³/mol. The second kappa shape index (κ2) is 7.09. The molecule has 0 saturated heterocycles. The van der Waals surface area contributed by atoms with Gasteiger partial charge in [-0.1, -0.05) is 11.6 Å². The molecule has 0 radical (unpaired) electrons. The van der Waals surface area contributed by atoms with E-state index >= 15 is 0 Å². The van der Waals surface area contributed by atoms with Crippen molar-refractivity contribution in [3.05, 3.63) is 29.0 Å². The lowest BCUT2D eigenvalue weighted by molar-refractivity contribution is -0.137. The summed E-state index contributed by atoms with van der Waals surface area (Å²) in [6.07, 6.45) is -0.162. The largest absolute Gasteiger partial charge is 0.481 e. The number of hydrogen-bond acceptors (Lipinski definition) is 2. The molecule has 1 atom stereocenters.